The zero-order valence-corrected chi connectivity index (χ0v) is 4.40. The molecule has 0 spiro atoms. The first-order valence-corrected chi connectivity index (χ1v) is 1.95. The molecule has 7 heavy (non-hydrogen) atoms. The van der Waals surface area contributed by atoms with Crippen LogP contribution in [0, 0.1) is 6.43 Å². The minimum Gasteiger partial charge on any atom is -0.201 e. The second-order valence-corrected chi connectivity index (χ2v) is 1.99. The van der Waals surface area contributed by atoms with Gasteiger partial charge < -0.3 is 0 Å². The molecule has 43 valence electrons. The fourth-order valence-electron chi connectivity index (χ4n) is 0. The van der Waals surface area contributed by atoms with Crippen LogP contribution < -0.4 is 0 Å². The van der Waals surface area contributed by atoms with E-state index in [1.807, 2.05) is 0 Å². The maximum Gasteiger partial charge on any atom is 0.377 e. The van der Waals surface area contributed by atoms with Gasteiger partial charge in [-0.3, -0.25) is 0 Å². The zero-order valence-electron chi connectivity index (χ0n) is 2.89. The Morgan fingerprint density at radius 2 is 1.43 bits per heavy atom. The fraction of sp³-hybridized carbons (Fsp3) is 0.500. The van der Waals surface area contributed by atoms with E-state index in [1.54, 1.807) is 0 Å². The van der Waals surface area contributed by atoms with Crippen molar-refractivity contribution in [3.63, 3.8) is 0 Å². The highest BCUT2D eigenvalue weighted by molar-refractivity contribution is 6.48. The van der Waals surface area contributed by atoms with E-state index in [9.17, 15) is 13.2 Å². The van der Waals surface area contributed by atoms with Crippen LogP contribution >= 0.6 is 23.2 Å². The Morgan fingerprint density at radius 1 is 1.29 bits per heavy atom. The van der Waals surface area contributed by atoms with E-state index in [1.165, 1.54) is 0 Å². The zero-order chi connectivity index (χ0) is 6.08. The van der Waals surface area contributed by atoms with E-state index in [0.29, 0.717) is 0 Å². The van der Waals surface area contributed by atoms with Gasteiger partial charge in [-0.2, -0.15) is 8.78 Å². The predicted molar refractivity (Wildman–Crippen MR) is 21.0 cm³/mol. The monoisotopic (exact) mass is 151 g/mol. The molecule has 0 heterocycles. The van der Waals surface area contributed by atoms with Crippen molar-refractivity contribution in [2.24, 2.45) is 0 Å². The van der Waals surface area contributed by atoms with E-state index >= 15 is 0 Å². The van der Waals surface area contributed by atoms with Gasteiger partial charge in [0, 0.05) is 0 Å². The second-order valence-electron chi connectivity index (χ2n) is 0.758. The van der Waals surface area contributed by atoms with Crippen molar-refractivity contribution in [3.8, 4) is 0 Å². The normalized spacial score (nSPS) is 12.9. The summed E-state index contributed by atoms with van der Waals surface area (Å²) in [6.45, 7) is 0. The third kappa shape index (κ3) is 3.00. The van der Waals surface area contributed by atoms with Crippen molar-refractivity contribution < 1.29 is 13.2 Å². The Balaban J connectivity index is 3.54. The van der Waals surface area contributed by atoms with Crippen LogP contribution in [0.3, 0.4) is 0 Å². The molecule has 0 aliphatic heterocycles. The van der Waals surface area contributed by atoms with Crippen LogP contribution in [0.1, 0.15) is 0 Å². The minimum atomic E-state index is -3.47. The number of halogens is 5. The lowest BCUT2D eigenvalue weighted by Crippen LogP contribution is -2.07. The molecule has 5 heteroatoms. The van der Waals surface area contributed by atoms with Gasteiger partial charge in [-0.25, -0.2) is 4.39 Å². The van der Waals surface area contributed by atoms with Crippen LogP contribution in [0.5, 0.6) is 0 Å². The van der Waals surface area contributed by atoms with Crippen LogP contribution in [0.2, 0.25) is 0 Å². The summed E-state index contributed by atoms with van der Waals surface area (Å²) >= 11 is 8.36. The van der Waals surface area contributed by atoms with Gasteiger partial charge in [0.1, 0.15) is 0 Å². The lowest BCUT2D eigenvalue weighted by atomic mass is 10.8. The largest absolute Gasteiger partial charge is 0.377 e. The maximum atomic E-state index is 11.3. The molecule has 0 fully saturated rings. The standard InChI is InChI=1S/C2Cl2F3/c3-2(4,7)1(5)6. The Labute approximate surface area is 48.2 Å². The van der Waals surface area contributed by atoms with Gasteiger partial charge in [-0.05, 0) is 0 Å². The van der Waals surface area contributed by atoms with Crippen molar-refractivity contribution in [1.82, 2.24) is 0 Å². The lowest BCUT2D eigenvalue weighted by molar-refractivity contribution is 0.184. The molecule has 0 saturated carbocycles. The molecule has 0 amide bonds. The Hall–Kier alpha value is 0.370. The van der Waals surface area contributed by atoms with E-state index < -0.39 is 11.0 Å². The fourth-order valence-corrected chi connectivity index (χ4v) is 0. The quantitative estimate of drug-likeness (QED) is 0.506. The average molecular weight is 152 g/mol. The summed E-state index contributed by atoms with van der Waals surface area (Å²) in [6, 6.07) is 0. The van der Waals surface area contributed by atoms with Crippen LogP contribution in [-0.4, -0.2) is 4.59 Å². The first-order chi connectivity index (χ1) is 2.94. The molecule has 0 saturated heterocycles. The molecule has 0 aromatic carbocycles. The minimum absolute atomic E-state index is 2.64. The van der Waals surface area contributed by atoms with E-state index in [2.05, 4.69) is 23.2 Å². The number of alkyl halides is 3. The average Bonchev–Trinajstić information content (AvgIpc) is 1.31. The van der Waals surface area contributed by atoms with Gasteiger partial charge in [0.25, 0.3) is 0 Å². The highest BCUT2D eigenvalue weighted by Crippen LogP contribution is 2.35. The van der Waals surface area contributed by atoms with E-state index in [-0.39, 0.29) is 0 Å². The van der Waals surface area contributed by atoms with Gasteiger partial charge in [0.15, 0.2) is 0 Å². The van der Waals surface area contributed by atoms with Crippen LogP contribution in [0.4, 0.5) is 13.2 Å². The van der Waals surface area contributed by atoms with Crippen molar-refractivity contribution in [2.75, 3.05) is 0 Å². The summed E-state index contributed by atoms with van der Waals surface area (Å²) in [6.07, 6.45) is -2.64. The number of hydrogen-bond acceptors (Lipinski definition) is 0. The molecule has 0 nitrogen and oxygen atoms in total. The summed E-state index contributed by atoms with van der Waals surface area (Å²) in [5.41, 5.74) is 0. The third-order valence-electron chi connectivity index (χ3n) is 0.214. The molecule has 0 bridgehead atoms. The Kier molecular flexibility index (Phi) is 2.20. The van der Waals surface area contributed by atoms with Gasteiger partial charge in [0.05, 0.1) is 0 Å². The summed E-state index contributed by atoms with van der Waals surface area (Å²) in [5.74, 6) is 0. The Morgan fingerprint density at radius 3 is 1.43 bits per heavy atom. The molecule has 0 rings (SSSR count). The molecular weight excluding hydrogens is 152 g/mol. The summed E-state index contributed by atoms with van der Waals surface area (Å²) < 4.78 is 29.4. The third-order valence-corrected chi connectivity index (χ3v) is 0.500. The number of hydrogen-bond donors (Lipinski definition) is 0. The van der Waals surface area contributed by atoms with Gasteiger partial charge in [0.2, 0.25) is 0 Å². The second kappa shape index (κ2) is 2.09. The van der Waals surface area contributed by atoms with Crippen molar-refractivity contribution in [3.05, 3.63) is 6.43 Å². The molecule has 0 atom stereocenters. The van der Waals surface area contributed by atoms with Gasteiger partial charge in [-0.15, -0.1) is 0 Å². The first kappa shape index (κ1) is 7.37. The summed E-state index contributed by atoms with van der Waals surface area (Å²) in [7, 11) is 0. The molecule has 0 unspecified atom stereocenters. The molecular formula is C2Cl2F3. The SMILES string of the molecule is F[C](F)C(F)(Cl)Cl. The first-order valence-electron chi connectivity index (χ1n) is 1.19. The summed E-state index contributed by atoms with van der Waals surface area (Å²) in [4.78, 5) is 0. The van der Waals surface area contributed by atoms with Crippen molar-refractivity contribution in [1.29, 1.82) is 0 Å². The molecule has 0 aromatic rings. The molecule has 0 N–H and O–H groups in total. The molecule has 1 radical (unpaired) electrons. The molecule has 0 aromatic heterocycles. The lowest BCUT2D eigenvalue weighted by Gasteiger charge is -2.02. The van der Waals surface area contributed by atoms with Crippen molar-refractivity contribution >= 4 is 23.2 Å². The van der Waals surface area contributed by atoms with Gasteiger partial charge >= 0.3 is 11.0 Å². The van der Waals surface area contributed by atoms with Crippen molar-refractivity contribution in [2.45, 2.75) is 4.59 Å². The Bertz CT molecular complexity index is 56.4. The van der Waals surface area contributed by atoms with Crippen LogP contribution in [-0.2, 0) is 0 Å². The smallest absolute Gasteiger partial charge is 0.201 e. The van der Waals surface area contributed by atoms with E-state index in [4.69, 9.17) is 0 Å². The summed E-state index contributed by atoms with van der Waals surface area (Å²) in [5, 5.41) is 0. The number of rotatable bonds is 1. The van der Waals surface area contributed by atoms with Crippen LogP contribution in [0.25, 0.3) is 0 Å². The maximum absolute atomic E-state index is 11.3. The van der Waals surface area contributed by atoms with E-state index in [0.717, 1.165) is 0 Å². The van der Waals surface area contributed by atoms with Crippen LogP contribution in [0.15, 0.2) is 0 Å². The molecule has 0 aliphatic rings. The predicted octanol–water partition coefficient (Wildman–Crippen LogP) is 2.52. The highest BCUT2D eigenvalue weighted by atomic mass is 35.5. The highest BCUT2D eigenvalue weighted by Gasteiger charge is 2.37. The molecule has 0 aliphatic carbocycles. The van der Waals surface area contributed by atoms with Gasteiger partial charge in [-0.1, -0.05) is 23.2 Å². The topological polar surface area (TPSA) is 0 Å².